The highest BCUT2D eigenvalue weighted by atomic mass is 16.5. The average Bonchev–Trinajstić information content (AvgIpc) is 3.32. The molecular weight excluding hydrogens is 388 g/mol. The summed E-state index contributed by atoms with van der Waals surface area (Å²) in [6.45, 7) is 9.47. The predicted molar refractivity (Wildman–Crippen MR) is 123 cm³/mol. The van der Waals surface area contributed by atoms with E-state index in [9.17, 15) is 0 Å². The van der Waals surface area contributed by atoms with E-state index in [0.717, 1.165) is 45.0 Å². The van der Waals surface area contributed by atoms with Crippen molar-refractivity contribution in [1.29, 1.82) is 0 Å². The monoisotopic (exact) mass is 420 g/mol. The second-order valence-electron chi connectivity index (χ2n) is 8.62. The van der Waals surface area contributed by atoms with E-state index in [2.05, 4.69) is 35.6 Å². The van der Waals surface area contributed by atoms with Gasteiger partial charge in [0.15, 0.2) is 11.5 Å². The van der Waals surface area contributed by atoms with Gasteiger partial charge in [-0.2, -0.15) is 0 Å². The van der Waals surface area contributed by atoms with Crippen LogP contribution in [0, 0.1) is 12.3 Å². The number of terminal acetylenes is 1. The predicted octanol–water partition coefficient (Wildman–Crippen LogP) is 3.78. The lowest BCUT2D eigenvalue weighted by Gasteiger charge is -2.31. The molecule has 6 heteroatoms. The lowest BCUT2D eigenvalue weighted by molar-refractivity contribution is 0.240. The van der Waals surface area contributed by atoms with Crippen LogP contribution in [0.5, 0.6) is 11.5 Å². The molecule has 0 unspecified atom stereocenters. The molecule has 0 amide bonds. The van der Waals surface area contributed by atoms with E-state index in [1.807, 2.05) is 12.1 Å². The Labute approximate surface area is 185 Å². The van der Waals surface area contributed by atoms with Crippen LogP contribution in [0.2, 0.25) is 0 Å². The number of methoxy groups -OCH3 is 1. The molecule has 0 bridgehead atoms. The summed E-state index contributed by atoms with van der Waals surface area (Å²) in [6.07, 6.45) is 8.80. The quantitative estimate of drug-likeness (QED) is 0.636. The van der Waals surface area contributed by atoms with Gasteiger partial charge in [-0.05, 0) is 37.0 Å². The first kappa shape index (κ1) is 21.5. The highest BCUT2D eigenvalue weighted by Gasteiger charge is 2.27. The zero-order valence-corrected chi connectivity index (χ0v) is 18.9. The van der Waals surface area contributed by atoms with Crippen molar-refractivity contribution in [3.8, 4) is 23.8 Å². The highest BCUT2D eigenvalue weighted by Crippen LogP contribution is 2.32. The zero-order chi connectivity index (χ0) is 21.8. The number of ether oxygens (including phenoxy) is 2. The maximum atomic E-state index is 5.57. The van der Waals surface area contributed by atoms with Gasteiger partial charge in [0.25, 0.3) is 0 Å². The summed E-state index contributed by atoms with van der Waals surface area (Å²) in [5.74, 6) is 6.35. The van der Waals surface area contributed by atoms with Crippen LogP contribution in [0.1, 0.15) is 55.3 Å². The molecule has 2 aromatic rings. The third-order valence-electron chi connectivity index (χ3n) is 6.01. The Kier molecular flexibility index (Phi) is 6.62. The van der Waals surface area contributed by atoms with E-state index in [0.29, 0.717) is 17.4 Å². The summed E-state index contributed by atoms with van der Waals surface area (Å²) >= 11 is 0. The summed E-state index contributed by atoms with van der Waals surface area (Å²) < 4.78 is 11.1. The molecule has 2 aliphatic rings. The van der Waals surface area contributed by atoms with Crippen molar-refractivity contribution >= 4 is 5.82 Å². The molecule has 0 aliphatic carbocycles. The van der Waals surface area contributed by atoms with Gasteiger partial charge in [-0.15, -0.1) is 6.42 Å². The molecule has 0 saturated carbocycles. The van der Waals surface area contributed by atoms with Gasteiger partial charge in [0.2, 0.25) is 0 Å². The van der Waals surface area contributed by atoms with Crippen LogP contribution in [-0.2, 0) is 19.5 Å². The van der Waals surface area contributed by atoms with Crippen LogP contribution in [0.25, 0.3) is 0 Å². The Morgan fingerprint density at radius 2 is 1.94 bits per heavy atom. The van der Waals surface area contributed by atoms with Gasteiger partial charge in [0.05, 0.1) is 12.8 Å². The molecule has 0 atom stereocenters. The van der Waals surface area contributed by atoms with Crippen molar-refractivity contribution in [3.05, 3.63) is 40.8 Å². The topological polar surface area (TPSA) is 50.7 Å². The average molecular weight is 421 g/mol. The van der Waals surface area contributed by atoms with Gasteiger partial charge >= 0.3 is 0 Å². The first-order valence-electron chi connectivity index (χ1n) is 11.2. The van der Waals surface area contributed by atoms with Crippen LogP contribution >= 0.6 is 0 Å². The Morgan fingerprint density at radius 3 is 2.65 bits per heavy atom. The molecule has 164 valence electrons. The lowest BCUT2D eigenvalue weighted by atomic mass is 10.0. The standard InChI is InChI=1S/C25H32N4O2/c1-5-14-31-22-9-8-19(15-23(22)30-4)16-28-13-10-20-21(17-28)26-24(18(2)3)27-25(20)29-11-6-7-12-29/h1,8-9,15,18H,6-7,10-14,16-17H2,2-4H3. The molecule has 1 aromatic heterocycles. The molecule has 1 saturated heterocycles. The van der Waals surface area contributed by atoms with Crippen LogP contribution in [-0.4, -0.2) is 48.2 Å². The van der Waals surface area contributed by atoms with Gasteiger partial charge in [-0.25, -0.2) is 9.97 Å². The number of hydrogen-bond donors (Lipinski definition) is 0. The summed E-state index contributed by atoms with van der Waals surface area (Å²) in [5.41, 5.74) is 3.72. The van der Waals surface area contributed by atoms with Gasteiger partial charge in [0.1, 0.15) is 18.2 Å². The second-order valence-corrected chi connectivity index (χ2v) is 8.62. The number of fused-ring (bicyclic) bond motifs is 1. The third-order valence-corrected chi connectivity index (χ3v) is 6.01. The van der Waals surface area contributed by atoms with E-state index in [-0.39, 0.29) is 6.61 Å². The molecule has 6 nitrogen and oxygen atoms in total. The maximum absolute atomic E-state index is 5.57. The minimum absolute atomic E-state index is 0.232. The summed E-state index contributed by atoms with van der Waals surface area (Å²) in [6, 6.07) is 6.06. The van der Waals surface area contributed by atoms with Crippen molar-refractivity contribution in [2.24, 2.45) is 0 Å². The van der Waals surface area contributed by atoms with Crippen molar-refractivity contribution in [1.82, 2.24) is 14.9 Å². The van der Waals surface area contributed by atoms with Gasteiger partial charge in [-0.3, -0.25) is 4.90 Å². The molecule has 2 aliphatic heterocycles. The number of nitrogens with zero attached hydrogens (tertiary/aromatic N) is 4. The SMILES string of the molecule is C#CCOc1ccc(CN2CCc3c(nc(C(C)C)nc3N3CCCC3)C2)cc1OC. The Morgan fingerprint density at radius 1 is 1.13 bits per heavy atom. The Hall–Kier alpha value is -2.78. The third kappa shape index (κ3) is 4.77. The maximum Gasteiger partial charge on any atom is 0.162 e. The molecular formula is C25H32N4O2. The van der Waals surface area contributed by atoms with Crippen molar-refractivity contribution in [2.45, 2.75) is 52.1 Å². The molecule has 1 aromatic carbocycles. The molecule has 3 heterocycles. The van der Waals surface area contributed by atoms with Crippen molar-refractivity contribution in [2.75, 3.05) is 38.3 Å². The number of aromatic nitrogens is 2. The zero-order valence-electron chi connectivity index (χ0n) is 18.9. The molecule has 31 heavy (non-hydrogen) atoms. The Balaban J connectivity index is 1.54. The fourth-order valence-corrected chi connectivity index (χ4v) is 4.37. The van der Waals surface area contributed by atoms with E-state index in [1.165, 1.54) is 35.5 Å². The smallest absolute Gasteiger partial charge is 0.162 e. The second kappa shape index (κ2) is 9.57. The fraction of sp³-hybridized carbons (Fsp3) is 0.520. The molecule has 0 radical (unpaired) electrons. The van der Waals surface area contributed by atoms with Crippen molar-refractivity contribution < 1.29 is 9.47 Å². The lowest BCUT2D eigenvalue weighted by Crippen LogP contribution is -2.33. The van der Waals surface area contributed by atoms with E-state index >= 15 is 0 Å². The van der Waals surface area contributed by atoms with E-state index < -0.39 is 0 Å². The van der Waals surface area contributed by atoms with E-state index in [1.54, 1.807) is 7.11 Å². The first-order chi connectivity index (χ1) is 15.1. The van der Waals surface area contributed by atoms with Gasteiger partial charge < -0.3 is 14.4 Å². The largest absolute Gasteiger partial charge is 0.493 e. The summed E-state index contributed by atoms with van der Waals surface area (Å²) in [7, 11) is 1.66. The normalized spacial score (nSPS) is 16.3. The minimum Gasteiger partial charge on any atom is -0.493 e. The molecule has 0 spiro atoms. The Bertz CT molecular complexity index is 961. The summed E-state index contributed by atoms with van der Waals surface area (Å²) in [4.78, 5) is 14.9. The number of benzene rings is 1. The van der Waals surface area contributed by atoms with Crippen LogP contribution < -0.4 is 14.4 Å². The molecule has 0 N–H and O–H groups in total. The fourth-order valence-electron chi connectivity index (χ4n) is 4.37. The molecule has 4 rings (SSSR count). The molecule has 1 fully saturated rings. The van der Waals surface area contributed by atoms with Gasteiger partial charge in [-0.1, -0.05) is 25.8 Å². The summed E-state index contributed by atoms with van der Waals surface area (Å²) in [5, 5.41) is 0. The number of anilines is 1. The number of rotatable bonds is 7. The van der Waals surface area contributed by atoms with Crippen LogP contribution in [0.3, 0.4) is 0 Å². The van der Waals surface area contributed by atoms with Crippen LogP contribution in [0.15, 0.2) is 18.2 Å². The van der Waals surface area contributed by atoms with Crippen molar-refractivity contribution in [3.63, 3.8) is 0 Å². The number of hydrogen-bond acceptors (Lipinski definition) is 6. The first-order valence-corrected chi connectivity index (χ1v) is 11.2. The van der Waals surface area contributed by atoms with E-state index in [4.69, 9.17) is 25.9 Å². The van der Waals surface area contributed by atoms with Gasteiger partial charge in [0, 0.05) is 44.2 Å². The highest BCUT2D eigenvalue weighted by molar-refractivity contribution is 5.51. The van der Waals surface area contributed by atoms with Crippen LogP contribution in [0.4, 0.5) is 5.82 Å². The minimum atomic E-state index is 0.232.